The summed E-state index contributed by atoms with van der Waals surface area (Å²) in [6, 6.07) is 11.1. The average molecular weight is 738 g/mol. The summed E-state index contributed by atoms with van der Waals surface area (Å²) < 4.78 is 33.2. The van der Waals surface area contributed by atoms with Crippen LogP contribution in [0.15, 0.2) is 36.4 Å². The van der Waals surface area contributed by atoms with Crippen LogP contribution in [0.5, 0.6) is 5.75 Å². The number of amides is 4. The number of carbonyl (C=O) groups excluding carboxylic acids is 3. The Labute approximate surface area is 308 Å². The van der Waals surface area contributed by atoms with E-state index in [1.807, 2.05) is 50.2 Å². The van der Waals surface area contributed by atoms with Crippen LogP contribution in [0.4, 0.5) is 15.3 Å². The topological polar surface area (TPSA) is 140 Å². The van der Waals surface area contributed by atoms with E-state index in [0.29, 0.717) is 75.1 Å². The van der Waals surface area contributed by atoms with Gasteiger partial charge in [0.1, 0.15) is 11.9 Å². The van der Waals surface area contributed by atoms with Gasteiger partial charge in [-0.2, -0.15) is 0 Å². The number of carbonyl (C=O) groups is 3. The number of nitrogens with zero attached hydrogens (tertiary/aromatic N) is 4. The SMILES string of the molecule is Cc1cc(CC(OC(=O)N2CCCCC2N2CCc3ccccc3NC2=O)C(=O)N2CCC(C3CCN(S(=O)(=O)C(C)C)CC3)CC2)cc(C)c1O. The summed E-state index contributed by atoms with van der Waals surface area (Å²) in [7, 11) is -3.26. The summed E-state index contributed by atoms with van der Waals surface area (Å²) in [4.78, 5) is 47.0. The van der Waals surface area contributed by atoms with Crippen molar-refractivity contribution in [1.29, 1.82) is 0 Å². The fourth-order valence-electron chi connectivity index (χ4n) is 8.57. The molecule has 12 nitrogen and oxygen atoms in total. The lowest BCUT2D eigenvalue weighted by atomic mass is 9.79. The molecule has 0 saturated carbocycles. The van der Waals surface area contributed by atoms with E-state index in [4.69, 9.17) is 4.74 Å². The summed E-state index contributed by atoms with van der Waals surface area (Å²) in [5.74, 6) is 0.765. The summed E-state index contributed by atoms with van der Waals surface area (Å²) >= 11 is 0. The first-order valence-corrected chi connectivity index (χ1v) is 20.5. The molecule has 4 heterocycles. The molecule has 6 rings (SSSR count). The van der Waals surface area contributed by atoms with Gasteiger partial charge in [0.25, 0.3) is 5.91 Å². The quantitative estimate of drug-likeness (QED) is 0.357. The number of nitrogens with one attached hydrogen (secondary N) is 1. The third-order valence-electron chi connectivity index (χ3n) is 11.7. The second-order valence-electron chi connectivity index (χ2n) is 15.3. The van der Waals surface area contributed by atoms with E-state index >= 15 is 0 Å². The van der Waals surface area contributed by atoms with Crippen molar-refractivity contribution in [2.45, 2.75) is 103 Å². The Bertz CT molecular complexity index is 1710. The number of anilines is 1. The molecule has 2 N–H and O–H groups in total. The number of hydrogen-bond donors (Lipinski definition) is 2. The third kappa shape index (κ3) is 8.20. The lowest BCUT2D eigenvalue weighted by molar-refractivity contribution is -0.143. The van der Waals surface area contributed by atoms with Crippen molar-refractivity contribution in [1.82, 2.24) is 19.0 Å². The van der Waals surface area contributed by atoms with Crippen LogP contribution >= 0.6 is 0 Å². The van der Waals surface area contributed by atoms with Crippen molar-refractivity contribution < 1.29 is 32.6 Å². The smallest absolute Gasteiger partial charge is 0.412 e. The minimum Gasteiger partial charge on any atom is -0.507 e. The highest BCUT2D eigenvalue weighted by Gasteiger charge is 2.40. The minimum absolute atomic E-state index is 0.160. The number of aryl methyl sites for hydroxylation is 2. The molecule has 0 aliphatic carbocycles. The first-order valence-electron chi connectivity index (χ1n) is 19.0. The summed E-state index contributed by atoms with van der Waals surface area (Å²) in [5.41, 5.74) is 3.98. The zero-order valence-corrected chi connectivity index (χ0v) is 31.9. The van der Waals surface area contributed by atoms with Crippen molar-refractivity contribution in [3.05, 3.63) is 58.7 Å². The van der Waals surface area contributed by atoms with Crippen molar-refractivity contribution in [3.8, 4) is 5.75 Å². The first kappa shape index (κ1) is 37.9. The van der Waals surface area contributed by atoms with Crippen LogP contribution < -0.4 is 5.32 Å². The number of sulfonamides is 1. The van der Waals surface area contributed by atoms with E-state index in [1.54, 1.807) is 32.9 Å². The van der Waals surface area contributed by atoms with E-state index in [-0.39, 0.29) is 24.1 Å². The highest BCUT2D eigenvalue weighted by molar-refractivity contribution is 7.89. The summed E-state index contributed by atoms with van der Waals surface area (Å²) in [6.45, 7) is 10.1. The number of phenols is 1. The minimum atomic E-state index is -3.26. The van der Waals surface area contributed by atoms with Crippen LogP contribution in [0.1, 0.15) is 81.0 Å². The molecule has 0 radical (unpaired) electrons. The summed E-state index contributed by atoms with van der Waals surface area (Å²) in [6.07, 6.45) is 4.14. The van der Waals surface area contributed by atoms with Gasteiger partial charge in [-0.1, -0.05) is 30.3 Å². The fourth-order valence-corrected chi connectivity index (χ4v) is 9.88. The van der Waals surface area contributed by atoms with E-state index in [2.05, 4.69) is 5.32 Å². The predicted molar refractivity (Wildman–Crippen MR) is 199 cm³/mol. The number of fused-ring (bicyclic) bond motifs is 1. The van der Waals surface area contributed by atoms with Gasteiger partial charge >= 0.3 is 12.1 Å². The Kier molecular flexibility index (Phi) is 11.7. The van der Waals surface area contributed by atoms with Crippen LogP contribution in [0.3, 0.4) is 0 Å². The van der Waals surface area contributed by atoms with E-state index < -0.39 is 33.6 Å². The highest BCUT2D eigenvalue weighted by Crippen LogP contribution is 2.35. The number of aromatic hydroxyl groups is 1. The molecule has 4 aliphatic heterocycles. The van der Waals surface area contributed by atoms with Crippen LogP contribution in [-0.2, 0) is 32.4 Å². The fraction of sp³-hybridized carbons (Fsp3) is 0.615. The van der Waals surface area contributed by atoms with Crippen LogP contribution in [0.2, 0.25) is 0 Å². The normalized spacial score (nSPS) is 21.8. The average Bonchev–Trinajstić information content (AvgIpc) is 3.31. The molecule has 2 aromatic carbocycles. The molecule has 2 unspecified atom stereocenters. The van der Waals surface area contributed by atoms with Gasteiger partial charge in [-0.05, 0) is 119 Å². The van der Waals surface area contributed by atoms with E-state index in [9.17, 15) is 27.9 Å². The number of ether oxygens (including phenoxy) is 1. The Hall–Kier alpha value is -3.84. The van der Waals surface area contributed by atoms with Crippen LogP contribution in [0, 0.1) is 25.7 Å². The predicted octanol–water partition coefficient (Wildman–Crippen LogP) is 5.65. The van der Waals surface area contributed by atoms with Crippen LogP contribution in [-0.4, -0.2) is 107 Å². The molecule has 4 aliphatic rings. The van der Waals surface area contributed by atoms with Gasteiger partial charge in [0.05, 0.1) is 5.25 Å². The maximum absolute atomic E-state index is 14.3. The van der Waals surface area contributed by atoms with Crippen LogP contribution in [0.25, 0.3) is 0 Å². The number of para-hydroxylation sites is 1. The molecule has 0 aromatic heterocycles. The highest BCUT2D eigenvalue weighted by atomic mass is 32.2. The Morgan fingerprint density at radius 1 is 0.904 bits per heavy atom. The number of rotatable bonds is 8. The van der Waals surface area contributed by atoms with Crippen molar-refractivity contribution >= 4 is 33.7 Å². The van der Waals surface area contributed by atoms with Crippen molar-refractivity contribution in [2.24, 2.45) is 11.8 Å². The molecule has 284 valence electrons. The standard InChI is InChI=1S/C39H55N5O7S/c1-26(2)52(49,50)42-20-14-31(15-21-42)30-12-18-41(19-13-30)37(46)34(25-29-23-27(3)36(45)28(4)24-29)51-39(48)44-17-8-7-11-35(44)43-22-16-32-9-5-6-10-33(32)40-38(43)47/h5-6,9-10,23-24,26,30-31,34-35,45H,7-8,11-22,25H2,1-4H3,(H,40,47). The molecule has 2 atom stereocenters. The maximum Gasteiger partial charge on any atom is 0.412 e. The number of benzene rings is 2. The zero-order chi connectivity index (χ0) is 37.2. The second-order valence-corrected chi connectivity index (χ2v) is 17.8. The molecule has 0 bridgehead atoms. The number of piperidine rings is 3. The maximum atomic E-state index is 14.3. The monoisotopic (exact) mass is 737 g/mol. The molecule has 3 fully saturated rings. The molecule has 2 aromatic rings. The van der Waals surface area contributed by atoms with Crippen molar-refractivity contribution in [3.63, 3.8) is 0 Å². The van der Waals surface area contributed by atoms with Gasteiger partial charge in [0.2, 0.25) is 10.0 Å². The number of phenolic OH excluding ortho intramolecular Hbond substituents is 1. The van der Waals surface area contributed by atoms with Crippen molar-refractivity contribution in [2.75, 3.05) is 44.6 Å². The number of likely N-dealkylation sites (tertiary alicyclic amines) is 2. The molecule has 52 heavy (non-hydrogen) atoms. The van der Waals surface area contributed by atoms with Gasteiger partial charge in [-0.3, -0.25) is 9.69 Å². The van der Waals surface area contributed by atoms with Gasteiger partial charge in [-0.15, -0.1) is 0 Å². The molecule has 0 spiro atoms. The zero-order valence-electron chi connectivity index (χ0n) is 31.1. The molecule has 4 amide bonds. The summed E-state index contributed by atoms with van der Waals surface area (Å²) in [5, 5.41) is 13.0. The Morgan fingerprint density at radius 2 is 1.54 bits per heavy atom. The molecule has 3 saturated heterocycles. The molecular formula is C39H55N5O7S. The Morgan fingerprint density at radius 3 is 2.19 bits per heavy atom. The number of hydrogen-bond acceptors (Lipinski definition) is 7. The first-order chi connectivity index (χ1) is 24.8. The van der Waals surface area contributed by atoms with Gasteiger partial charge in [-0.25, -0.2) is 22.3 Å². The molecular weight excluding hydrogens is 683 g/mol. The third-order valence-corrected chi connectivity index (χ3v) is 13.9. The largest absolute Gasteiger partial charge is 0.507 e. The van der Waals surface area contributed by atoms with Gasteiger partial charge in [0.15, 0.2) is 6.10 Å². The number of urea groups is 1. The van der Waals surface area contributed by atoms with Gasteiger partial charge < -0.3 is 25.0 Å². The van der Waals surface area contributed by atoms with Gasteiger partial charge in [0, 0.05) is 51.4 Å². The molecule has 13 heteroatoms. The second kappa shape index (κ2) is 16.0. The van der Waals surface area contributed by atoms with E-state index in [1.165, 1.54) is 0 Å². The lowest BCUT2D eigenvalue weighted by Crippen LogP contribution is -2.57. The Balaban J connectivity index is 1.14. The lowest BCUT2D eigenvalue weighted by Gasteiger charge is -2.42. The van der Waals surface area contributed by atoms with E-state index in [0.717, 1.165) is 55.3 Å².